The summed E-state index contributed by atoms with van der Waals surface area (Å²) in [7, 11) is 0. The van der Waals surface area contributed by atoms with E-state index in [1.807, 2.05) is 47.7 Å². The Morgan fingerprint density at radius 2 is 2.10 bits per heavy atom. The van der Waals surface area contributed by atoms with Crippen molar-refractivity contribution in [2.24, 2.45) is 0 Å². The Morgan fingerprint density at radius 1 is 1.31 bits per heavy atom. The Morgan fingerprint density at radius 3 is 2.83 bits per heavy atom. The molecular weight excluding hydrogens is 368 g/mol. The Labute approximate surface area is 170 Å². The average Bonchev–Trinajstić information content (AvgIpc) is 3.34. The molecule has 0 bridgehead atoms. The zero-order valence-corrected chi connectivity index (χ0v) is 17.0. The number of amides is 2. The third kappa shape index (κ3) is 4.03. The minimum Gasteiger partial charge on any atom is -0.344 e. The van der Waals surface area contributed by atoms with Gasteiger partial charge in [0.25, 0.3) is 5.91 Å². The second-order valence-electron chi connectivity index (χ2n) is 7.89. The number of piperidine rings is 1. The molecule has 154 valence electrons. The topological polar surface area (TPSA) is 92.2 Å². The molecule has 3 heterocycles. The van der Waals surface area contributed by atoms with Gasteiger partial charge in [0, 0.05) is 18.7 Å². The maximum Gasteiger partial charge on any atom is 0.274 e. The van der Waals surface area contributed by atoms with E-state index in [0.29, 0.717) is 12.1 Å². The van der Waals surface area contributed by atoms with Crippen LogP contribution in [0.5, 0.6) is 0 Å². The smallest absolute Gasteiger partial charge is 0.274 e. The Kier molecular flexibility index (Phi) is 5.62. The minimum absolute atomic E-state index is 0.156. The van der Waals surface area contributed by atoms with Gasteiger partial charge in [0.15, 0.2) is 5.69 Å². The lowest BCUT2D eigenvalue weighted by atomic mass is 10.1. The number of nitrogens with zero attached hydrogens (tertiary/aromatic N) is 4. The first-order valence-electron chi connectivity index (χ1n) is 10.4. The number of nitrogens with one attached hydrogen (secondary N) is 2. The van der Waals surface area contributed by atoms with Crippen LogP contribution in [-0.4, -0.2) is 46.4 Å². The highest BCUT2D eigenvalue weighted by molar-refractivity contribution is 5.95. The van der Waals surface area contributed by atoms with E-state index < -0.39 is 0 Å². The van der Waals surface area contributed by atoms with E-state index in [2.05, 4.69) is 20.9 Å². The van der Waals surface area contributed by atoms with Gasteiger partial charge in [-0.15, -0.1) is 5.10 Å². The van der Waals surface area contributed by atoms with E-state index in [-0.39, 0.29) is 23.9 Å². The maximum atomic E-state index is 12.8. The molecule has 2 aliphatic heterocycles. The van der Waals surface area contributed by atoms with Gasteiger partial charge in [-0.1, -0.05) is 17.3 Å². The van der Waals surface area contributed by atoms with E-state index in [4.69, 9.17) is 0 Å². The first kappa shape index (κ1) is 19.6. The van der Waals surface area contributed by atoms with E-state index in [0.717, 1.165) is 55.8 Å². The van der Waals surface area contributed by atoms with Crippen molar-refractivity contribution in [2.75, 3.05) is 24.5 Å². The Bertz CT molecular complexity index is 902. The summed E-state index contributed by atoms with van der Waals surface area (Å²) in [6.07, 6.45) is 3.47. The average molecular weight is 396 g/mol. The maximum absolute atomic E-state index is 12.8. The second-order valence-corrected chi connectivity index (χ2v) is 7.89. The lowest BCUT2D eigenvalue weighted by Crippen LogP contribution is -2.31. The zero-order chi connectivity index (χ0) is 20.4. The fourth-order valence-corrected chi connectivity index (χ4v) is 4.18. The van der Waals surface area contributed by atoms with Gasteiger partial charge < -0.3 is 15.5 Å². The SMILES string of the molecule is Cc1c(C(=O)NC(C)c2cccc(N3CCCC3=O)c2)nnn1C1CCNCC1. The van der Waals surface area contributed by atoms with Gasteiger partial charge in [-0.3, -0.25) is 9.59 Å². The number of hydrogen-bond donors (Lipinski definition) is 2. The van der Waals surface area contributed by atoms with Crippen molar-refractivity contribution >= 4 is 17.5 Å². The highest BCUT2D eigenvalue weighted by Crippen LogP contribution is 2.25. The molecule has 1 unspecified atom stereocenters. The molecule has 2 amide bonds. The number of rotatable bonds is 5. The molecule has 1 atom stereocenters. The summed E-state index contributed by atoms with van der Waals surface area (Å²) in [5.74, 6) is -0.0678. The summed E-state index contributed by atoms with van der Waals surface area (Å²) in [5, 5.41) is 14.8. The zero-order valence-electron chi connectivity index (χ0n) is 17.0. The Balaban J connectivity index is 1.46. The number of carbonyl (C=O) groups is 2. The summed E-state index contributed by atoms with van der Waals surface area (Å²) in [4.78, 5) is 26.7. The summed E-state index contributed by atoms with van der Waals surface area (Å²) in [5.41, 5.74) is 3.03. The standard InChI is InChI=1S/C21H28N6O2/c1-14(16-5-3-6-18(13-16)26-12-4-7-19(26)28)23-21(29)20-15(2)27(25-24-20)17-8-10-22-11-9-17/h3,5-6,13-14,17,22H,4,7-12H2,1-2H3,(H,23,29). The minimum atomic E-state index is -0.224. The van der Waals surface area contributed by atoms with Gasteiger partial charge in [0.1, 0.15) is 0 Å². The Hall–Kier alpha value is -2.74. The van der Waals surface area contributed by atoms with Crippen molar-refractivity contribution in [2.45, 2.75) is 51.6 Å². The summed E-state index contributed by atoms with van der Waals surface area (Å²) in [6.45, 7) is 6.51. The molecule has 0 saturated carbocycles. The van der Waals surface area contributed by atoms with E-state index in [1.54, 1.807) is 0 Å². The van der Waals surface area contributed by atoms with Gasteiger partial charge >= 0.3 is 0 Å². The lowest BCUT2D eigenvalue weighted by Gasteiger charge is -2.23. The molecule has 1 aromatic heterocycles. The number of hydrogen-bond acceptors (Lipinski definition) is 5. The van der Waals surface area contributed by atoms with Crippen LogP contribution < -0.4 is 15.5 Å². The summed E-state index contributed by atoms with van der Waals surface area (Å²) in [6, 6.07) is 7.90. The highest BCUT2D eigenvalue weighted by Gasteiger charge is 2.25. The second kappa shape index (κ2) is 8.32. The van der Waals surface area contributed by atoms with E-state index in [1.165, 1.54) is 0 Å². The number of aromatic nitrogens is 3. The lowest BCUT2D eigenvalue weighted by molar-refractivity contribution is -0.117. The molecule has 2 N–H and O–H groups in total. The van der Waals surface area contributed by atoms with Gasteiger partial charge in [0.2, 0.25) is 5.91 Å². The third-order valence-electron chi connectivity index (χ3n) is 5.90. The third-order valence-corrected chi connectivity index (χ3v) is 5.90. The highest BCUT2D eigenvalue weighted by atomic mass is 16.2. The van der Waals surface area contributed by atoms with Crippen LogP contribution >= 0.6 is 0 Å². The molecule has 2 saturated heterocycles. The molecular formula is C21H28N6O2. The molecule has 2 aliphatic rings. The number of benzene rings is 1. The molecule has 4 rings (SSSR count). The summed E-state index contributed by atoms with van der Waals surface area (Å²) >= 11 is 0. The first-order chi connectivity index (χ1) is 14.0. The number of anilines is 1. The van der Waals surface area contributed by atoms with Crippen LogP contribution in [0, 0.1) is 6.92 Å². The summed E-state index contributed by atoms with van der Waals surface area (Å²) < 4.78 is 1.89. The fourth-order valence-electron chi connectivity index (χ4n) is 4.18. The van der Waals surface area contributed by atoms with E-state index in [9.17, 15) is 9.59 Å². The van der Waals surface area contributed by atoms with Crippen LogP contribution in [0.2, 0.25) is 0 Å². The van der Waals surface area contributed by atoms with Gasteiger partial charge in [-0.25, -0.2) is 4.68 Å². The molecule has 2 fully saturated rings. The van der Waals surface area contributed by atoms with E-state index >= 15 is 0 Å². The monoisotopic (exact) mass is 396 g/mol. The molecule has 0 radical (unpaired) electrons. The van der Waals surface area contributed by atoms with Crippen LogP contribution in [0.4, 0.5) is 5.69 Å². The predicted molar refractivity (Wildman–Crippen MR) is 110 cm³/mol. The molecule has 8 heteroatoms. The van der Waals surface area contributed by atoms with Crippen LogP contribution in [-0.2, 0) is 4.79 Å². The van der Waals surface area contributed by atoms with Crippen LogP contribution in [0.1, 0.15) is 66.4 Å². The van der Waals surface area contributed by atoms with Gasteiger partial charge in [-0.05, 0) is 63.9 Å². The fraction of sp³-hybridized carbons (Fsp3) is 0.524. The van der Waals surface area contributed by atoms with Crippen molar-refractivity contribution in [3.8, 4) is 0 Å². The molecule has 2 aromatic rings. The molecule has 0 spiro atoms. The van der Waals surface area contributed by atoms with Crippen molar-refractivity contribution in [1.29, 1.82) is 0 Å². The van der Waals surface area contributed by atoms with Crippen LogP contribution in [0.3, 0.4) is 0 Å². The largest absolute Gasteiger partial charge is 0.344 e. The molecule has 0 aliphatic carbocycles. The number of carbonyl (C=O) groups excluding carboxylic acids is 2. The first-order valence-corrected chi connectivity index (χ1v) is 10.4. The van der Waals surface area contributed by atoms with Crippen molar-refractivity contribution in [3.63, 3.8) is 0 Å². The molecule has 8 nitrogen and oxygen atoms in total. The quantitative estimate of drug-likeness (QED) is 0.808. The normalized spacial score (nSPS) is 18.8. The van der Waals surface area contributed by atoms with Crippen LogP contribution in [0.25, 0.3) is 0 Å². The van der Waals surface area contributed by atoms with Crippen molar-refractivity contribution < 1.29 is 9.59 Å². The van der Waals surface area contributed by atoms with Gasteiger partial charge in [-0.2, -0.15) is 0 Å². The van der Waals surface area contributed by atoms with Crippen LogP contribution in [0.15, 0.2) is 24.3 Å². The van der Waals surface area contributed by atoms with Gasteiger partial charge in [0.05, 0.1) is 17.8 Å². The molecule has 29 heavy (non-hydrogen) atoms. The van der Waals surface area contributed by atoms with Crippen molar-refractivity contribution in [1.82, 2.24) is 25.6 Å². The van der Waals surface area contributed by atoms with Crippen molar-refractivity contribution in [3.05, 3.63) is 41.2 Å². The molecule has 1 aromatic carbocycles. The predicted octanol–water partition coefficient (Wildman–Crippen LogP) is 2.13.